The topological polar surface area (TPSA) is 86.6 Å². The first-order valence-corrected chi connectivity index (χ1v) is 4.16. The molecular formula is C8H13NO4. The van der Waals surface area contributed by atoms with E-state index in [1.165, 1.54) is 13.8 Å². The fourth-order valence-electron chi connectivity index (χ4n) is 1.53. The number of carboxylic acids is 1. The normalized spacial score (nSPS) is 31.5. The maximum atomic E-state index is 10.9. The van der Waals surface area contributed by atoms with Crippen LogP contribution >= 0.6 is 0 Å². The molecule has 1 rings (SSSR count). The number of hydrogen-bond donors (Lipinski definition) is 3. The van der Waals surface area contributed by atoms with Gasteiger partial charge in [0, 0.05) is 0 Å². The van der Waals surface area contributed by atoms with Crippen molar-refractivity contribution in [3.63, 3.8) is 0 Å². The molecule has 1 amide bonds. The average Bonchev–Trinajstić information content (AvgIpc) is 1.97. The van der Waals surface area contributed by atoms with Crippen molar-refractivity contribution in [2.24, 2.45) is 11.8 Å². The van der Waals surface area contributed by atoms with Gasteiger partial charge in [0.1, 0.15) is 0 Å². The van der Waals surface area contributed by atoms with E-state index in [2.05, 4.69) is 5.32 Å². The molecule has 1 heterocycles. The third-order valence-electron chi connectivity index (χ3n) is 2.45. The van der Waals surface area contributed by atoms with E-state index >= 15 is 0 Å². The summed E-state index contributed by atoms with van der Waals surface area (Å²) in [5.41, 5.74) is 0. The lowest BCUT2D eigenvalue weighted by Crippen LogP contribution is -2.65. The Labute approximate surface area is 75.7 Å². The van der Waals surface area contributed by atoms with Crippen molar-refractivity contribution < 1.29 is 19.8 Å². The summed E-state index contributed by atoms with van der Waals surface area (Å²) < 4.78 is 0. The van der Waals surface area contributed by atoms with Gasteiger partial charge in [0.25, 0.3) is 0 Å². The zero-order valence-electron chi connectivity index (χ0n) is 7.52. The number of amides is 1. The van der Waals surface area contributed by atoms with Gasteiger partial charge in [-0.15, -0.1) is 0 Å². The van der Waals surface area contributed by atoms with E-state index in [9.17, 15) is 14.7 Å². The van der Waals surface area contributed by atoms with Crippen LogP contribution in [0.5, 0.6) is 0 Å². The number of carbonyl (C=O) groups is 2. The van der Waals surface area contributed by atoms with Crippen molar-refractivity contribution in [3.8, 4) is 0 Å². The lowest BCUT2D eigenvalue weighted by molar-refractivity contribution is -0.151. The smallest absolute Gasteiger partial charge is 0.308 e. The van der Waals surface area contributed by atoms with Crippen LogP contribution in [0.15, 0.2) is 0 Å². The Hall–Kier alpha value is -1.10. The Morgan fingerprint density at radius 3 is 2.38 bits per heavy atom. The summed E-state index contributed by atoms with van der Waals surface area (Å²) in [6.45, 7) is 3.01. The number of aliphatic carboxylic acids is 1. The highest BCUT2D eigenvalue weighted by Crippen LogP contribution is 2.25. The van der Waals surface area contributed by atoms with Gasteiger partial charge < -0.3 is 15.5 Å². The van der Waals surface area contributed by atoms with Gasteiger partial charge in [0.15, 0.2) is 0 Å². The van der Waals surface area contributed by atoms with E-state index in [-0.39, 0.29) is 5.91 Å². The summed E-state index contributed by atoms with van der Waals surface area (Å²) in [5, 5.41) is 20.3. The Morgan fingerprint density at radius 2 is 2.08 bits per heavy atom. The standard InChI is InChI=1S/C8H13NO4/c1-3(8(12)13)6-5(4(2)10)7(11)9-6/h3-6,10H,1-2H3,(H,9,11)(H,12,13)/t3-,4-,5-,6-/m1/s1. The van der Waals surface area contributed by atoms with Crippen LogP contribution in [0.25, 0.3) is 0 Å². The third kappa shape index (κ3) is 1.65. The van der Waals surface area contributed by atoms with Crippen LogP contribution in [-0.2, 0) is 9.59 Å². The largest absolute Gasteiger partial charge is 0.481 e. The molecule has 0 aromatic carbocycles. The van der Waals surface area contributed by atoms with E-state index in [0.29, 0.717) is 0 Å². The molecule has 0 aliphatic carbocycles. The van der Waals surface area contributed by atoms with E-state index in [1.807, 2.05) is 0 Å². The molecule has 74 valence electrons. The molecule has 4 atom stereocenters. The number of aliphatic hydroxyl groups excluding tert-OH is 1. The van der Waals surface area contributed by atoms with E-state index in [0.717, 1.165) is 0 Å². The Balaban J connectivity index is 2.64. The molecular weight excluding hydrogens is 174 g/mol. The van der Waals surface area contributed by atoms with Crippen molar-refractivity contribution in [1.29, 1.82) is 0 Å². The average molecular weight is 187 g/mol. The minimum absolute atomic E-state index is 0.270. The second kappa shape index (κ2) is 3.33. The number of carboxylic acid groups (broad SMARTS) is 1. The number of aliphatic hydroxyl groups is 1. The molecule has 5 nitrogen and oxygen atoms in total. The van der Waals surface area contributed by atoms with Crippen LogP contribution in [0.4, 0.5) is 0 Å². The van der Waals surface area contributed by atoms with E-state index in [4.69, 9.17) is 5.11 Å². The van der Waals surface area contributed by atoms with Crippen molar-refractivity contribution in [1.82, 2.24) is 5.32 Å². The van der Waals surface area contributed by atoms with Crippen LogP contribution in [-0.4, -0.2) is 34.2 Å². The quantitative estimate of drug-likeness (QED) is 0.505. The van der Waals surface area contributed by atoms with Gasteiger partial charge in [-0.3, -0.25) is 9.59 Å². The highest BCUT2D eigenvalue weighted by atomic mass is 16.4. The maximum Gasteiger partial charge on any atom is 0.308 e. The molecule has 0 unspecified atom stereocenters. The highest BCUT2D eigenvalue weighted by Gasteiger charge is 2.47. The molecule has 1 aliphatic rings. The first-order valence-electron chi connectivity index (χ1n) is 4.16. The minimum Gasteiger partial charge on any atom is -0.481 e. The fourth-order valence-corrected chi connectivity index (χ4v) is 1.53. The minimum atomic E-state index is -0.962. The maximum absolute atomic E-state index is 10.9. The summed E-state index contributed by atoms with van der Waals surface area (Å²) in [7, 11) is 0. The number of nitrogens with one attached hydrogen (secondary N) is 1. The zero-order chi connectivity index (χ0) is 10.2. The molecule has 5 heteroatoms. The number of hydrogen-bond acceptors (Lipinski definition) is 3. The Bertz CT molecular complexity index is 238. The van der Waals surface area contributed by atoms with Gasteiger partial charge in [0.2, 0.25) is 5.91 Å². The van der Waals surface area contributed by atoms with Crippen LogP contribution in [0.2, 0.25) is 0 Å². The summed E-state index contributed by atoms with van der Waals surface area (Å²) in [6, 6.07) is -0.440. The molecule has 1 fully saturated rings. The number of rotatable bonds is 3. The molecule has 0 bridgehead atoms. The second-order valence-corrected chi connectivity index (χ2v) is 3.43. The van der Waals surface area contributed by atoms with E-state index < -0.39 is 30.0 Å². The number of β-lactam (4-membered cyclic amide) rings is 1. The van der Waals surface area contributed by atoms with Gasteiger partial charge in [-0.05, 0) is 13.8 Å². The molecule has 1 aliphatic heterocycles. The molecule has 13 heavy (non-hydrogen) atoms. The molecule has 1 saturated heterocycles. The number of carbonyl (C=O) groups excluding carboxylic acids is 1. The van der Waals surface area contributed by atoms with Crippen molar-refractivity contribution in [2.75, 3.05) is 0 Å². The SMILES string of the molecule is C[C@@H](O)[C@H]1C(=O)N[C@@H]1[C@@H](C)C(=O)O. The summed E-state index contributed by atoms with van der Waals surface area (Å²) in [4.78, 5) is 21.5. The summed E-state index contributed by atoms with van der Waals surface area (Å²) in [5.74, 6) is -2.47. The van der Waals surface area contributed by atoms with Crippen molar-refractivity contribution in [3.05, 3.63) is 0 Å². The van der Waals surface area contributed by atoms with Gasteiger partial charge in [-0.1, -0.05) is 0 Å². The lowest BCUT2D eigenvalue weighted by Gasteiger charge is -2.40. The summed E-state index contributed by atoms with van der Waals surface area (Å²) >= 11 is 0. The van der Waals surface area contributed by atoms with Gasteiger partial charge in [0.05, 0.1) is 24.0 Å². The molecule has 3 N–H and O–H groups in total. The van der Waals surface area contributed by atoms with Crippen LogP contribution in [0.1, 0.15) is 13.8 Å². The first-order chi connectivity index (χ1) is 5.95. The van der Waals surface area contributed by atoms with Crippen LogP contribution < -0.4 is 5.32 Å². The van der Waals surface area contributed by atoms with Gasteiger partial charge in [-0.25, -0.2) is 0 Å². The van der Waals surface area contributed by atoms with E-state index in [1.54, 1.807) is 0 Å². The van der Waals surface area contributed by atoms with Gasteiger partial charge in [-0.2, -0.15) is 0 Å². The monoisotopic (exact) mass is 187 g/mol. The van der Waals surface area contributed by atoms with Gasteiger partial charge >= 0.3 is 5.97 Å². The molecule has 0 aromatic rings. The van der Waals surface area contributed by atoms with Crippen molar-refractivity contribution >= 4 is 11.9 Å². The van der Waals surface area contributed by atoms with Crippen LogP contribution in [0, 0.1) is 11.8 Å². The second-order valence-electron chi connectivity index (χ2n) is 3.43. The third-order valence-corrected chi connectivity index (χ3v) is 2.45. The lowest BCUT2D eigenvalue weighted by atomic mass is 9.79. The highest BCUT2D eigenvalue weighted by molar-refractivity contribution is 5.88. The Kier molecular flexibility index (Phi) is 2.56. The van der Waals surface area contributed by atoms with Crippen LogP contribution in [0.3, 0.4) is 0 Å². The Morgan fingerprint density at radius 1 is 1.54 bits per heavy atom. The predicted molar refractivity (Wildman–Crippen MR) is 43.9 cm³/mol. The van der Waals surface area contributed by atoms with Crippen molar-refractivity contribution in [2.45, 2.75) is 26.0 Å². The molecule has 0 spiro atoms. The summed E-state index contributed by atoms with van der Waals surface area (Å²) in [6.07, 6.45) is -0.791. The predicted octanol–water partition coefficient (Wildman–Crippen LogP) is -0.797. The first kappa shape index (κ1) is 9.98. The fraction of sp³-hybridized carbons (Fsp3) is 0.750. The zero-order valence-corrected chi connectivity index (χ0v) is 7.52. The molecule has 0 aromatic heterocycles. The molecule has 0 radical (unpaired) electrons. The molecule has 0 saturated carbocycles.